The fraction of sp³-hybridized carbons (Fsp3) is 0.222. The Balaban J connectivity index is 2.74. The van der Waals surface area contributed by atoms with Crippen LogP contribution >= 0.6 is 0 Å². The lowest BCUT2D eigenvalue weighted by molar-refractivity contribution is 0.596. The monoisotopic (exact) mass is 210 g/mol. The zero-order valence-corrected chi connectivity index (χ0v) is 8.50. The van der Waals surface area contributed by atoms with Crippen LogP contribution in [0.2, 0.25) is 0 Å². The molecule has 0 amide bonds. The van der Waals surface area contributed by atoms with Crippen LogP contribution in [0.15, 0.2) is 22.6 Å². The summed E-state index contributed by atoms with van der Waals surface area (Å²) in [5.74, 6) is 0.0466. The summed E-state index contributed by atoms with van der Waals surface area (Å²) in [5.41, 5.74) is 8.00. The third-order valence-electron chi connectivity index (χ3n) is 2.25. The zero-order chi connectivity index (χ0) is 10.3. The first-order valence-electron chi connectivity index (χ1n) is 4.16. The summed E-state index contributed by atoms with van der Waals surface area (Å²) >= 11 is 0. The fourth-order valence-corrected chi connectivity index (χ4v) is 2.76. The third-order valence-corrected chi connectivity index (χ3v) is 3.38. The molecule has 74 valence electrons. The van der Waals surface area contributed by atoms with Gasteiger partial charge in [-0.3, -0.25) is 0 Å². The van der Waals surface area contributed by atoms with Gasteiger partial charge in [0.15, 0.2) is 0 Å². The van der Waals surface area contributed by atoms with Crippen LogP contribution in [-0.2, 0) is 15.8 Å². The summed E-state index contributed by atoms with van der Waals surface area (Å²) in [6, 6.07) is 5.50. The molecule has 4 nitrogen and oxygen atoms in total. The summed E-state index contributed by atoms with van der Waals surface area (Å²) in [7, 11) is -3.40. The van der Waals surface area contributed by atoms with Crippen LogP contribution in [0.1, 0.15) is 16.7 Å². The number of hydrogen-bond acceptors (Lipinski definition) is 3. The highest BCUT2D eigenvalue weighted by Crippen LogP contribution is 2.22. The Morgan fingerprint density at radius 3 is 2.86 bits per heavy atom. The van der Waals surface area contributed by atoms with Crippen molar-refractivity contribution in [3.63, 3.8) is 0 Å². The van der Waals surface area contributed by atoms with Crippen molar-refractivity contribution in [1.29, 1.82) is 0 Å². The molecule has 2 N–H and O–H groups in total. The second kappa shape index (κ2) is 2.81. The Labute approximate surface area is 82.5 Å². The number of hydrogen-bond donors (Lipinski definition) is 1. The predicted octanol–water partition coefficient (Wildman–Crippen LogP) is 0.544. The first-order valence-corrected chi connectivity index (χ1v) is 5.77. The number of amidine groups is 1. The number of fused-ring (bicyclic) bond motifs is 1. The molecule has 0 radical (unpaired) electrons. The second-order valence-corrected chi connectivity index (χ2v) is 4.94. The molecule has 1 aliphatic heterocycles. The minimum absolute atomic E-state index is 0.0459. The van der Waals surface area contributed by atoms with Gasteiger partial charge in [-0.1, -0.05) is 18.2 Å². The van der Waals surface area contributed by atoms with Gasteiger partial charge in [-0.15, -0.1) is 4.40 Å². The van der Waals surface area contributed by atoms with Gasteiger partial charge in [0.05, 0.1) is 5.75 Å². The highest BCUT2D eigenvalue weighted by atomic mass is 32.2. The van der Waals surface area contributed by atoms with E-state index < -0.39 is 10.0 Å². The normalized spacial score (nSPS) is 18.5. The van der Waals surface area contributed by atoms with E-state index in [1.54, 1.807) is 6.07 Å². The largest absolute Gasteiger partial charge is 0.383 e. The van der Waals surface area contributed by atoms with Crippen molar-refractivity contribution in [2.24, 2.45) is 10.1 Å². The zero-order valence-electron chi connectivity index (χ0n) is 7.69. The van der Waals surface area contributed by atoms with Crippen LogP contribution in [0, 0.1) is 6.92 Å². The van der Waals surface area contributed by atoms with E-state index in [9.17, 15) is 8.42 Å². The summed E-state index contributed by atoms with van der Waals surface area (Å²) in [6.45, 7) is 1.87. The van der Waals surface area contributed by atoms with Crippen molar-refractivity contribution < 1.29 is 8.42 Å². The summed E-state index contributed by atoms with van der Waals surface area (Å²) in [6.07, 6.45) is 0. The van der Waals surface area contributed by atoms with E-state index in [0.717, 1.165) is 16.7 Å². The smallest absolute Gasteiger partial charge is 0.259 e. The van der Waals surface area contributed by atoms with Gasteiger partial charge >= 0.3 is 0 Å². The fourth-order valence-electron chi connectivity index (χ4n) is 1.55. The van der Waals surface area contributed by atoms with Crippen LogP contribution in [0.4, 0.5) is 0 Å². The lowest BCUT2D eigenvalue weighted by atomic mass is 10.0. The van der Waals surface area contributed by atoms with Gasteiger partial charge < -0.3 is 5.73 Å². The molecule has 0 saturated carbocycles. The van der Waals surface area contributed by atoms with E-state index in [1.807, 2.05) is 19.1 Å². The number of nitrogens with two attached hydrogens (primary N) is 1. The average molecular weight is 210 g/mol. The Hall–Kier alpha value is -1.36. The van der Waals surface area contributed by atoms with Gasteiger partial charge in [0.1, 0.15) is 5.84 Å². The van der Waals surface area contributed by atoms with Gasteiger partial charge in [-0.25, -0.2) is 8.42 Å². The van der Waals surface area contributed by atoms with Gasteiger partial charge in [0.2, 0.25) is 0 Å². The molecule has 5 heteroatoms. The molecule has 1 aromatic rings. The van der Waals surface area contributed by atoms with E-state index in [4.69, 9.17) is 5.73 Å². The lowest BCUT2D eigenvalue weighted by Gasteiger charge is -2.15. The van der Waals surface area contributed by atoms with Crippen LogP contribution in [0.25, 0.3) is 0 Å². The topological polar surface area (TPSA) is 72.5 Å². The standard InChI is InChI=1S/C9H10N2O2S/c1-6-3-2-4-7-8(6)5-14(12,13)11-9(7)10/h2-4H,5H2,1H3,(H2,10,11). The van der Waals surface area contributed by atoms with Gasteiger partial charge in [0, 0.05) is 5.56 Å². The molecule has 1 aliphatic rings. The summed E-state index contributed by atoms with van der Waals surface area (Å²) < 4.78 is 26.1. The lowest BCUT2D eigenvalue weighted by Crippen LogP contribution is -2.24. The molecular weight excluding hydrogens is 200 g/mol. The molecule has 0 unspecified atom stereocenters. The molecule has 14 heavy (non-hydrogen) atoms. The first-order chi connectivity index (χ1) is 6.49. The number of benzene rings is 1. The summed E-state index contributed by atoms with van der Waals surface area (Å²) in [5, 5.41) is 0. The van der Waals surface area contributed by atoms with E-state index in [1.165, 1.54) is 0 Å². The molecule has 1 aromatic carbocycles. The number of rotatable bonds is 0. The van der Waals surface area contributed by atoms with Crippen molar-refractivity contribution in [3.8, 4) is 0 Å². The molecule has 0 bridgehead atoms. The predicted molar refractivity (Wildman–Crippen MR) is 54.5 cm³/mol. The van der Waals surface area contributed by atoms with E-state index in [0.29, 0.717) is 0 Å². The van der Waals surface area contributed by atoms with Crippen LogP contribution in [0.3, 0.4) is 0 Å². The van der Waals surface area contributed by atoms with E-state index >= 15 is 0 Å². The molecular formula is C9H10N2O2S. The number of aryl methyl sites for hydroxylation is 1. The molecule has 0 fully saturated rings. The maximum Gasteiger partial charge on any atom is 0.259 e. The van der Waals surface area contributed by atoms with Crippen LogP contribution in [0.5, 0.6) is 0 Å². The van der Waals surface area contributed by atoms with Crippen molar-refractivity contribution in [2.45, 2.75) is 12.7 Å². The van der Waals surface area contributed by atoms with E-state index in [2.05, 4.69) is 4.40 Å². The molecule has 0 aliphatic carbocycles. The molecule has 0 aromatic heterocycles. The van der Waals surface area contributed by atoms with Crippen molar-refractivity contribution in [3.05, 3.63) is 34.9 Å². The van der Waals surface area contributed by atoms with E-state index in [-0.39, 0.29) is 11.6 Å². The minimum Gasteiger partial charge on any atom is -0.383 e. The van der Waals surface area contributed by atoms with Crippen molar-refractivity contribution in [2.75, 3.05) is 0 Å². The van der Waals surface area contributed by atoms with Gasteiger partial charge in [-0.2, -0.15) is 0 Å². The second-order valence-electron chi connectivity index (χ2n) is 3.30. The minimum atomic E-state index is -3.40. The molecule has 0 saturated heterocycles. The molecule has 0 spiro atoms. The SMILES string of the molecule is Cc1cccc2c1CS(=O)(=O)N=C2N. The summed E-state index contributed by atoms with van der Waals surface area (Å²) in [4.78, 5) is 0. The quantitative estimate of drug-likeness (QED) is 0.679. The number of nitrogens with zero attached hydrogens (tertiary/aromatic N) is 1. The highest BCUT2D eigenvalue weighted by molar-refractivity contribution is 7.89. The number of sulfonamides is 1. The average Bonchev–Trinajstić information content (AvgIpc) is 2.05. The van der Waals surface area contributed by atoms with Gasteiger partial charge in [0.25, 0.3) is 10.0 Å². The van der Waals surface area contributed by atoms with Crippen molar-refractivity contribution in [1.82, 2.24) is 0 Å². The molecule has 2 rings (SSSR count). The van der Waals surface area contributed by atoms with Gasteiger partial charge in [-0.05, 0) is 18.1 Å². The first kappa shape index (κ1) is 9.21. The van der Waals surface area contributed by atoms with Crippen LogP contribution < -0.4 is 5.73 Å². The maximum absolute atomic E-state index is 11.3. The Bertz CT molecular complexity index is 518. The maximum atomic E-state index is 11.3. The molecule has 0 atom stereocenters. The Morgan fingerprint density at radius 2 is 2.14 bits per heavy atom. The third kappa shape index (κ3) is 1.39. The van der Waals surface area contributed by atoms with Crippen LogP contribution in [-0.4, -0.2) is 14.3 Å². The molecule has 1 heterocycles. The van der Waals surface area contributed by atoms with Crippen molar-refractivity contribution >= 4 is 15.9 Å². The Morgan fingerprint density at radius 1 is 1.43 bits per heavy atom. The highest BCUT2D eigenvalue weighted by Gasteiger charge is 2.22. The Kier molecular flexibility index (Phi) is 1.85.